The summed E-state index contributed by atoms with van der Waals surface area (Å²) in [6.07, 6.45) is 1.83. The van der Waals surface area contributed by atoms with Gasteiger partial charge >= 0.3 is 0 Å². The van der Waals surface area contributed by atoms with Gasteiger partial charge in [-0.2, -0.15) is 0 Å². The highest BCUT2D eigenvalue weighted by atomic mass is 32.2. The molecule has 0 aliphatic heterocycles. The predicted octanol–water partition coefficient (Wildman–Crippen LogP) is 3.48. The molecule has 0 aliphatic rings. The predicted molar refractivity (Wildman–Crippen MR) is 79.3 cm³/mol. The molecule has 0 spiro atoms. The summed E-state index contributed by atoms with van der Waals surface area (Å²) in [6.45, 7) is 2.58. The van der Waals surface area contributed by atoms with Crippen LogP contribution in [0.2, 0.25) is 0 Å². The Labute approximate surface area is 116 Å². The molecule has 4 heteroatoms. The normalized spacial score (nSPS) is 11.1. The van der Waals surface area contributed by atoms with E-state index in [2.05, 4.69) is 35.1 Å². The highest BCUT2D eigenvalue weighted by molar-refractivity contribution is 7.99. The molecule has 0 amide bonds. The number of nitrogens with one attached hydrogen (secondary N) is 1. The summed E-state index contributed by atoms with van der Waals surface area (Å²) in [7, 11) is 0. The van der Waals surface area contributed by atoms with E-state index in [4.69, 9.17) is 5.73 Å². The van der Waals surface area contributed by atoms with Gasteiger partial charge in [-0.25, -0.2) is 4.98 Å². The van der Waals surface area contributed by atoms with E-state index in [0.29, 0.717) is 6.54 Å². The summed E-state index contributed by atoms with van der Waals surface area (Å²) in [5.74, 6) is 0. The number of H-pyrrole nitrogens is 1. The van der Waals surface area contributed by atoms with E-state index in [0.717, 1.165) is 21.1 Å². The van der Waals surface area contributed by atoms with Gasteiger partial charge in [-0.3, -0.25) is 0 Å². The lowest BCUT2D eigenvalue weighted by atomic mass is 10.2. The molecule has 3 N–H and O–H groups in total. The molecule has 2 heterocycles. The van der Waals surface area contributed by atoms with Gasteiger partial charge in [-0.1, -0.05) is 30.0 Å². The molecule has 0 unspecified atom stereocenters. The number of nitrogens with zero attached hydrogens (tertiary/aromatic N) is 1. The molecular formula is C15H15N3S. The maximum atomic E-state index is 5.82. The molecule has 0 saturated heterocycles. The van der Waals surface area contributed by atoms with E-state index in [9.17, 15) is 0 Å². The smallest absolute Gasteiger partial charge is 0.107 e. The summed E-state index contributed by atoms with van der Waals surface area (Å²) in [6, 6.07) is 12.4. The fraction of sp³-hybridized carbons (Fsp3) is 0.133. The molecule has 0 radical (unpaired) electrons. The van der Waals surface area contributed by atoms with Gasteiger partial charge in [-0.05, 0) is 30.7 Å². The Bertz CT molecular complexity index is 685. The number of pyridine rings is 1. The zero-order valence-corrected chi connectivity index (χ0v) is 11.5. The highest BCUT2D eigenvalue weighted by Gasteiger charge is 2.09. The number of aromatic nitrogens is 2. The summed E-state index contributed by atoms with van der Waals surface area (Å²) in [5.41, 5.74) is 9.27. The first-order valence-electron chi connectivity index (χ1n) is 6.18. The monoisotopic (exact) mass is 269 g/mol. The van der Waals surface area contributed by atoms with Crippen LogP contribution < -0.4 is 5.73 Å². The third kappa shape index (κ3) is 2.37. The Morgan fingerprint density at radius 1 is 1.26 bits per heavy atom. The van der Waals surface area contributed by atoms with Crippen molar-refractivity contribution in [3.63, 3.8) is 0 Å². The number of aryl methyl sites for hydroxylation is 1. The standard InChI is InChI=1S/C15H15N3S/c1-10-6-7-17-15(12(10)9-16)19-14-8-11-4-2-3-5-13(11)18-14/h2-8,18H,9,16H2,1H3. The number of benzene rings is 1. The molecule has 0 bridgehead atoms. The fourth-order valence-corrected chi connectivity index (χ4v) is 3.14. The number of hydrogen-bond acceptors (Lipinski definition) is 3. The minimum Gasteiger partial charge on any atom is -0.349 e. The maximum Gasteiger partial charge on any atom is 0.107 e. The Balaban J connectivity index is 1.99. The van der Waals surface area contributed by atoms with E-state index in [1.165, 1.54) is 10.9 Å². The topological polar surface area (TPSA) is 54.7 Å². The van der Waals surface area contributed by atoms with Crippen LogP contribution in [0.15, 0.2) is 52.6 Å². The van der Waals surface area contributed by atoms with Crippen molar-refractivity contribution in [2.45, 2.75) is 23.5 Å². The lowest BCUT2D eigenvalue weighted by Crippen LogP contribution is -2.02. The van der Waals surface area contributed by atoms with E-state index in [-0.39, 0.29) is 0 Å². The number of hydrogen-bond donors (Lipinski definition) is 2. The summed E-state index contributed by atoms with van der Waals surface area (Å²) >= 11 is 1.63. The maximum absolute atomic E-state index is 5.82. The van der Waals surface area contributed by atoms with Gasteiger partial charge in [0.1, 0.15) is 5.03 Å². The van der Waals surface area contributed by atoms with Crippen molar-refractivity contribution in [2.75, 3.05) is 0 Å². The summed E-state index contributed by atoms with van der Waals surface area (Å²) < 4.78 is 0. The molecule has 3 nitrogen and oxygen atoms in total. The lowest BCUT2D eigenvalue weighted by Gasteiger charge is -2.07. The Morgan fingerprint density at radius 2 is 2.11 bits per heavy atom. The van der Waals surface area contributed by atoms with Crippen molar-refractivity contribution in [1.82, 2.24) is 9.97 Å². The third-order valence-corrected chi connectivity index (χ3v) is 4.15. The van der Waals surface area contributed by atoms with Crippen LogP contribution >= 0.6 is 11.8 Å². The van der Waals surface area contributed by atoms with Gasteiger partial charge in [0.05, 0.1) is 5.03 Å². The number of para-hydroxylation sites is 1. The largest absolute Gasteiger partial charge is 0.349 e. The van der Waals surface area contributed by atoms with E-state index in [1.54, 1.807) is 11.8 Å². The van der Waals surface area contributed by atoms with Gasteiger partial charge in [0.15, 0.2) is 0 Å². The first kappa shape index (κ1) is 12.3. The average molecular weight is 269 g/mol. The molecule has 0 fully saturated rings. The Hall–Kier alpha value is -1.78. The van der Waals surface area contributed by atoms with E-state index in [1.807, 2.05) is 24.4 Å². The second-order valence-electron chi connectivity index (χ2n) is 4.44. The molecule has 19 heavy (non-hydrogen) atoms. The van der Waals surface area contributed by atoms with Crippen molar-refractivity contribution >= 4 is 22.7 Å². The van der Waals surface area contributed by atoms with Crippen LogP contribution in [-0.2, 0) is 6.54 Å². The van der Waals surface area contributed by atoms with Crippen LogP contribution in [0.3, 0.4) is 0 Å². The van der Waals surface area contributed by atoms with Crippen molar-refractivity contribution in [3.8, 4) is 0 Å². The molecule has 0 saturated carbocycles. The first-order chi connectivity index (χ1) is 9.28. The molecule has 1 aromatic carbocycles. The number of aromatic amines is 1. The lowest BCUT2D eigenvalue weighted by molar-refractivity contribution is 0.941. The SMILES string of the molecule is Cc1ccnc(Sc2cc3ccccc3[nH]2)c1CN. The molecule has 96 valence electrons. The summed E-state index contributed by atoms with van der Waals surface area (Å²) in [4.78, 5) is 7.84. The molecule has 0 atom stereocenters. The second-order valence-corrected chi connectivity index (χ2v) is 5.47. The van der Waals surface area contributed by atoms with E-state index >= 15 is 0 Å². The zero-order valence-electron chi connectivity index (χ0n) is 10.7. The Kier molecular flexibility index (Phi) is 3.27. The van der Waals surface area contributed by atoms with Crippen LogP contribution in [0.25, 0.3) is 10.9 Å². The number of rotatable bonds is 3. The van der Waals surface area contributed by atoms with E-state index < -0.39 is 0 Å². The molecule has 3 aromatic rings. The molecule has 0 aliphatic carbocycles. The third-order valence-electron chi connectivity index (χ3n) is 3.17. The number of fused-ring (bicyclic) bond motifs is 1. The number of nitrogens with two attached hydrogens (primary N) is 1. The molecular weight excluding hydrogens is 254 g/mol. The van der Waals surface area contributed by atoms with Crippen molar-refractivity contribution in [1.29, 1.82) is 0 Å². The van der Waals surface area contributed by atoms with Gasteiger partial charge < -0.3 is 10.7 Å². The average Bonchev–Trinajstić information content (AvgIpc) is 2.81. The van der Waals surface area contributed by atoms with Crippen LogP contribution in [0, 0.1) is 6.92 Å². The van der Waals surface area contributed by atoms with Gasteiger partial charge in [0.25, 0.3) is 0 Å². The van der Waals surface area contributed by atoms with Crippen LogP contribution in [0.4, 0.5) is 0 Å². The fourth-order valence-electron chi connectivity index (χ4n) is 2.11. The Morgan fingerprint density at radius 3 is 2.89 bits per heavy atom. The van der Waals surface area contributed by atoms with Crippen molar-refractivity contribution in [3.05, 3.63) is 53.7 Å². The van der Waals surface area contributed by atoms with Gasteiger partial charge in [-0.15, -0.1) is 0 Å². The van der Waals surface area contributed by atoms with Gasteiger partial charge in [0.2, 0.25) is 0 Å². The molecule has 2 aromatic heterocycles. The second kappa shape index (κ2) is 5.07. The van der Waals surface area contributed by atoms with Gasteiger partial charge in [0, 0.05) is 29.2 Å². The highest BCUT2D eigenvalue weighted by Crippen LogP contribution is 2.31. The van der Waals surface area contributed by atoms with Crippen LogP contribution in [0.1, 0.15) is 11.1 Å². The minimum absolute atomic E-state index is 0.516. The summed E-state index contributed by atoms with van der Waals surface area (Å²) in [5, 5.41) is 3.29. The van der Waals surface area contributed by atoms with Crippen LogP contribution in [-0.4, -0.2) is 9.97 Å². The quantitative estimate of drug-likeness (QED) is 0.765. The molecule has 3 rings (SSSR count). The minimum atomic E-state index is 0.516. The first-order valence-corrected chi connectivity index (χ1v) is 7.00. The van der Waals surface area contributed by atoms with Crippen LogP contribution in [0.5, 0.6) is 0 Å². The van der Waals surface area contributed by atoms with Crippen molar-refractivity contribution in [2.24, 2.45) is 5.73 Å². The van der Waals surface area contributed by atoms with Crippen molar-refractivity contribution < 1.29 is 0 Å². The zero-order chi connectivity index (χ0) is 13.2.